The number of carbonyl (C=O) groups excluding carboxylic acids is 2. The standard InChI is InChI=1S/C21H23N3O3/c1-24(14-20(25)23-16-6-5-7-17(12-16)27-2)21(26)11-10-15-13-22-19-9-4-3-8-18(15)19/h3-9,12-13,22H,10-11,14H2,1-2H3,(H,23,25). The summed E-state index contributed by atoms with van der Waals surface area (Å²) in [5.41, 5.74) is 2.80. The number of anilines is 1. The number of nitrogens with zero attached hydrogens (tertiary/aromatic N) is 1. The van der Waals surface area contributed by atoms with Gasteiger partial charge in [0.2, 0.25) is 11.8 Å². The lowest BCUT2D eigenvalue weighted by Crippen LogP contribution is -2.35. The van der Waals surface area contributed by atoms with Crippen LogP contribution in [-0.4, -0.2) is 42.4 Å². The number of likely N-dealkylation sites (N-methyl/N-ethyl adjacent to an activating group) is 1. The Hall–Kier alpha value is -3.28. The van der Waals surface area contributed by atoms with Crippen LogP contribution < -0.4 is 10.1 Å². The minimum atomic E-state index is -0.244. The van der Waals surface area contributed by atoms with E-state index in [2.05, 4.69) is 10.3 Å². The van der Waals surface area contributed by atoms with Gasteiger partial charge in [-0.25, -0.2) is 0 Å². The Morgan fingerprint density at radius 3 is 2.78 bits per heavy atom. The van der Waals surface area contributed by atoms with E-state index < -0.39 is 0 Å². The van der Waals surface area contributed by atoms with Gasteiger partial charge in [-0.1, -0.05) is 24.3 Å². The highest BCUT2D eigenvalue weighted by molar-refractivity contribution is 5.94. The van der Waals surface area contributed by atoms with Crippen LogP contribution in [0.15, 0.2) is 54.7 Å². The molecule has 2 amide bonds. The maximum absolute atomic E-state index is 12.4. The number of benzene rings is 2. The fourth-order valence-electron chi connectivity index (χ4n) is 2.98. The Morgan fingerprint density at radius 2 is 1.96 bits per heavy atom. The molecular formula is C21H23N3O3. The summed E-state index contributed by atoms with van der Waals surface area (Å²) < 4.78 is 5.14. The number of hydrogen-bond acceptors (Lipinski definition) is 3. The van der Waals surface area contributed by atoms with Gasteiger partial charge in [-0.05, 0) is 30.2 Å². The molecule has 2 aromatic carbocycles. The summed E-state index contributed by atoms with van der Waals surface area (Å²) in [6.07, 6.45) is 2.92. The number of aromatic amines is 1. The molecule has 3 aromatic rings. The molecule has 0 radical (unpaired) electrons. The number of hydrogen-bond donors (Lipinski definition) is 2. The first kappa shape index (κ1) is 18.5. The minimum absolute atomic E-state index is 0.00390. The molecule has 6 heteroatoms. The van der Waals surface area contributed by atoms with E-state index in [9.17, 15) is 9.59 Å². The van der Waals surface area contributed by atoms with Gasteiger partial charge in [-0.3, -0.25) is 9.59 Å². The number of methoxy groups -OCH3 is 1. The number of H-pyrrole nitrogens is 1. The maximum atomic E-state index is 12.4. The van der Waals surface area contributed by atoms with E-state index in [0.29, 0.717) is 24.3 Å². The van der Waals surface area contributed by atoms with Crippen LogP contribution in [0.3, 0.4) is 0 Å². The number of amides is 2. The summed E-state index contributed by atoms with van der Waals surface area (Å²) in [4.78, 5) is 29.2. The number of carbonyl (C=O) groups is 2. The van der Waals surface area contributed by atoms with Crippen molar-refractivity contribution in [1.82, 2.24) is 9.88 Å². The van der Waals surface area contributed by atoms with Gasteiger partial charge < -0.3 is 19.9 Å². The second-order valence-corrected chi connectivity index (χ2v) is 6.39. The Balaban J connectivity index is 1.51. The monoisotopic (exact) mass is 365 g/mol. The lowest BCUT2D eigenvalue weighted by Gasteiger charge is -2.17. The third-order valence-corrected chi connectivity index (χ3v) is 4.44. The number of para-hydroxylation sites is 1. The first-order valence-corrected chi connectivity index (χ1v) is 8.79. The van der Waals surface area contributed by atoms with Crippen LogP contribution in [-0.2, 0) is 16.0 Å². The molecule has 0 unspecified atom stereocenters. The first-order valence-electron chi connectivity index (χ1n) is 8.79. The SMILES string of the molecule is COc1cccc(NC(=O)CN(C)C(=O)CCc2c[nH]c3ccccc23)c1. The van der Waals surface area contributed by atoms with Crippen LogP contribution in [0.1, 0.15) is 12.0 Å². The summed E-state index contributed by atoms with van der Waals surface area (Å²) in [7, 11) is 3.21. The predicted octanol–water partition coefficient (Wildman–Crippen LogP) is 3.21. The van der Waals surface area contributed by atoms with Gasteiger partial charge in [0.25, 0.3) is 0 Å². The van der Waals surface area contributed by atoms with Crippen molar-refractivity contribution in [3.8, 4) is 5.75 Å². The number of ether oxygens (including phenoxy) is 1. The maximum Gasteiger partial charge on any atom is 0.243 e. The highest BCUT2D eigenvalue weighted by Crippen LogP contribution is 2.19. The highest BCUT2D eigenvalue weighted by Gasteiger charge is 2.14. The molecule has 0 saturated carbocycles. The van der Waals surface area contributed by atoms with Crippen molar-refractivity contribution in [3.05, 3.63) is 60.3 Å². The molecule has 140 valence electrons. The predicted molar refractivity (Wildman–Crippen MR) is 106 cm³/mol. The molecule has 0 aliphatic carbocycles. The summed E-state index contributed by atoms with van der Waals surface area (Å²) in [5, 5.41) is 3.91. The Labute approximate surface area is 158 Å². The summed E-state index contributed by atoms with van der Waals surface area (Å²) >= 11 is 0. The van der Waals surface area contributed by atoms with E-state index in [1.54, 1.807) is 38.4 Å². The second-order valence-electron chi connectivity index (χ2n) is 6.39. The Morgan fingerprint density at radius 1 is 1.15 bits per heavy atom. The number of aromatic nitrogens is 1. The van der Waals surface area contributed by atoms with Crippen molar-refractivity contribution in [3.63, 3.8) is 0 Å². The summed E-state index contributed by atoms with van der Waals surface area (Å²) in [6, 6.07) is 15.1. The van der Waals surface area contributed by atoms with Crippen LogP contribution in [0.5, 0.6) is 5.75 Å². The largest absolute Gasteiger partial charge is 0.497 e. The number of fused-ring (bicyclic) bond motifs is 1. The molecule has 0 fully saturated rings. The number of rotatable bonds is 7. The van der Waals surface area contributed by atoms with E-state index >= 15 is 0 Å². The average Bonchev–Trinajstić information content (AvgIpc) is 3.09. The van der Waals surface area contributed by atoms with Crippen LogP contribution in [0.4, 0.5) is 5.69 Å². The highest BCUT2D eigenvalue weighted by atomic mass is 16.5. The smallest absolute Gasteiger partial charge is 0.243 e. The third kappa shape index (κ3) is 4.67. The van der Waals surface area contributed by atoms with Gasteiger partial charge in [-0.2, -0.15) is 0 Å². The number of nitrogens with one attached hydrogen (secondary N) is 2. The van der Waals surface area contributed by atoms with Crippen molar-refractivity contribution in [2.24, 2.45) is 0 Å². The molecule has 0 saturated heterocycles. The topological polar surface area (TPSA) is 74.4 Å². The Bertz CT molecular complexity index is 949. The van der Waals surface area contributed by atoms with Crippen LogP contribution in [0.25, 0.3) is 10.9 Å². The zero-order valence-corrected chi connectivity index (χ0v) is 15.5. The minimum Gasteiger partial charge on any atom is -0.497 e. The molecule has 1 heterocycles. The van der Waals surface area contributed by atoms with Crippen LogP contribution in [0.2, 0.25) is 0 Å². The summed E-state index contributed by atoms with van der Waals surface area (Å²) in [6.45, 7) is 0.00390. The van der Waals surface area contributed by atoms with Gasteiger partial charge in [-0.15, -0.1) is 0 Å². The van der Waals surface area contributed by atoms with E-state index in [1.807, 2.05) is 30.5 Å². The van der Waals surface area contributed by atoms with Crippen LogP contribution in [0, 0.1) is 0 Å². The van der Waals surface area contributed by atoms with Crippen molar-refractivity contribution in [2.75, 3.05) is 26.0 Å². The molecule has 0 atom stereocenters. The fourth-order valence-corrected chi connectivity index (χ4v) is 2.98. The lowest BCUT2D eigenvalue weighted by molar-refractivity contribution is -0.133. The van der Waals surface area contributed by atoms with Gasteiger partial charge in [0.1, 0.15) is 5.75 Å². The third-order valence-electron chi connectivity index (χ3n) is 4.44. The Kier molecular flexibility index (Phi) is 5.76. The second kappa shape index (κ2) is 8.40. The molecule has 0 aliphatic heterocycles. The van der Waals surface area contributed by atoms with Crippen LogP contribution >= 0.6 is 0 Å². The van der Waals surface area contributed by atoms with Crippen molar-refractivity contribution in [1.29, 1.82) is 0 Å². The molecule has 0 spiro atoms. The molecule has 1 aromatic heterocycles. The van der Waals surface area contributed by atoms with Gasteiger partial charge in [0, 0.05) is 42.3 Å². The fraction of sp³-hybridized carbons (Fsp3) is 0.238. The molecule has 6 nitrogen and oxygen atoms in total. The average molecular weight is 365 g/mol. The van der Waals surface area contributed by atoms with Gasteiger partial charge in [0.15, 0.2) is 0 Å². The van der Waals surface area contributed by atoms with E-state index in [0.717, 1.165) is 16.5 Å². The molecule has 2 N–H and O–H groups in total. The zero-order chi connectivity index (χ0) is 19.2. The molecule has 27 heavy (non-hydrogen) atoms. The van der Waals surface area contributed by atoms with Gasteiger partial charge in [0.05, 0.1) is 13.7 Å². The molecule has 3 rings (SSSR count). The van der Waals surface area contributed by atoms with Crippen molar-refractivity contribution < 1.29 is 14.3 Å². The normalized spacial score (nSPS) is 10.6. The lowest BCUT2D eigenvalue weighted by atomic mass is 10.1. The van der Waals surface area contributed by atoms with E-state index in [-0.39, 0.29) is 18.4 Å². The number of aryl methyl sites for hydroxylation is 1. The van der Waals surface area contributed by atoms with E-state index in [4.69, 9.17) is 4.74 Å². The molecule has 0 bridgehead atoms. The summed E-state index contributed by atoms with van der Waals surface area (Å²) in [5.74, 6) is 0.350. The molecular weight excluding hydrogens is 342 g/mol. The first-order chi connectivity index (χ1) is 13.1. The quantitative estimate of drug-likeness (QED) is 0.675. The zero-order valence-electron chi connectivity index (χ0n) is 15.5. The molecule has 0 aliphatic rings. The van der Waals surface area contributed by atoms with Gasteiger partial charge >= 0.3 is 0 Å². The van der Waals surface area contributed by atoms with Crippen molar-refractivity contribution >= 4 is 28.4 Å². The van der Waals surface area contributed by atoms with Crippen molar-refractivity contribution in [2.45, 2.75) is 12.8 Å². The van der Waals surface area contributed by atoms with E-state index in [1.165, 1.54) is 4.90 Å².